The predicted molar refractivity (Wildman–Crippen MR) is 111 cm³/mol. The van der Waals surface area contributed by atoms with Crippen molar-refractivity contribution in [3.8, 4) is 11.3 Å². The Balaban J connectivity index is 2.80. The average Bonchev–Trinajstić information content (AvgIpc) is 2.55. The van der Waals surface area contributed by atoms with Gasteiger partial charge in [0.1, 0.15) is 11.4 Å². The summed E-state index contributed by atoms with van der Waals surface area (Å²) in [5.41, 5.74) is 3.03. The SMILES string of the molecule is CC(C)N(c1nnnc(-c2ccccc2)c1N(C(C)C)C(C)C)C(C)C. The van der Waals surface area contributed by atoms with E-state index in [0.717, 1.165) is 22.8 Å². The van der Waals surface area contributed by atoms with Crippen LogP contribution in [0.4, 0.5) is 11.5 Å². The van der Waals surface area contributed by atoms with Crippen molar-refractivity contribution in [2.24, 2.45) is 0 Å². The van der Waals surface area contributed by atoms with Crippen LogP contribution in [0.15, 0.2) is 30.3 Å². The van der Waals surface area contributed by atoms with Gasteiger partial charge in [0, 0.05) is 29.7 Å². The Kier molecular flexibility index (Phi) is 6.57. The van der Waals surface area contributed by atoms with Crippen molar-refractivity contribution in [3.05, 3.63) is 30.3 Å². The number of anilines is 2. The molecule has 0 unspecified atom stereocenters. The molecule has 0 aliphatic carbocycles. The van der Waals surface area contributed by atoms with Gasteiger partial charge in [-0.1, -0.05) is 30.3 Å². The van der Waals surface area contributed by atoms with Gasteiger partial charge in [-0.2, -0.15) is 0 Å². The van der Waals surface area contributed by atoms with Crippen molar-refractivity contribution in [2.45, 2.75) is 79.6 Å². The molecule has 0 spiro atoms. The first-order chi connectivity index (χ1) is 12.3. The van der Waals surface area contributed by atoms with Crippen molar-refractivity contribution in [1.29, 1.82) is 0 Å². The molecule has 1 heterocycles. The topological polar surface area (TPSA) is 45.2 Å². The second-order valence-electron chi connectivity index (χ2n) is 7.87. The van der Waals surface area contributed by atoms with E-state index in [2.05, 4.69) is 92.7 Å². The Morgan fingerprint density at radius 3 is 1.62 bits per heavy atom. The van der Waals surface area contributed by atoms with Gasteiger partial charge in [-0.25, -0.2) is 0 Å². The first-order valence-corrected chi connectivity index (χ1v) is 9.61. The molecule has 0 saturated carbocycles. The summed E-state index contributed by atoms with van der Waals surface area (Å²) in [5, 5.41) is 13.1. The lowest BCUT2D eigenvalue weighted by Gasteiger charge is -2.39. The highest BCUT2D eigenvalue weighted by molar-refractivity contribution is 5.84. The highest BCUT2D eigenvalue weighted by atomic mass is 15.4. The molecule has 0 bridgehead atoms. The normalized spacial score (nSPS) is 11.7. The predicted octanol–water partition coefficient (Wildman–Crippen LogP) is 4.79. The van der Waals surface area contributed by atoms with Gasteiger partial charge in [0.15, 0.2) is 5.82 Å². The van der Waals surface area contributed by atoms with Crippen molar-refractivity contribution >= 4 is 11.5 Å². The monoisotopic (exact) mass is 355 g/mol. The first-order valence-electron chi connectivity index (χ1n) is 9.61. The van der Waals surface area contributed by atoms with Crippen LogP contribution >= 0.6 is 0 Å². The minimum absolute atomic E-state index is 0.315. The largest absolute Gasteiger partial charge is 0.362 e. The van der Waals surface area contributed by atoms with Gasteiger partial charge in [0.2, 0.25) is 0 Å². The summed E-state index contributed by atoms with van der Waals surface area (Å²) in [5.74, 6) is 0.909. The van der Waals surface area contributed by atoms with Crippen LogP contribution in [0.25, 0.3) is 11.3 Å². The second kappa shape index (κ2) is 8.47. The molecule has 0 N–H and O–H groups in total. The molecule has 1 aromatic carbocycles. The van der Waals surface area contributed by atoms with E-state index in [-0.39, 0.29) is 0 Å². The Morgan fingerprint density at radius 2 is 1.15 bits per heavy atom. The third-order valence-corrected chi connectivity index (χ3v) is 4.50. The number of nitrogens with zero attached hydrogens (tertiary/aromatic N) is 5. The van der Waals surface area contributed by atoms with E-state index in [1.54, 1.807) is 0 Å². The van der Waals surface area contributed by atoms with Gasteiger partial charge in [-0.05, 0) is 60.6 Å². The van der Waals surface area contributed by atoms with Gasteiger partial charge >= 0.3 is 0 Å². The molecule has 1 aromatic heterocycles. The first kappa shape index (κ1) is 20.1. The third-order valence-electron chi connectivity index (χ3n) is 4.50. The summed E-state index contributed by atoms with van der Waals surface area (Å²) < 4.78 is 0. The molecule has 0 amide bonds. The Hall–Kier alpha value is -2.17. The maximum Gasteiger partial charge on any atom is 0.179 e. The van der Waals surface area contributed by atoms with Gasteiger partial charge in [0.05, 0.1) is 0 Å². The summed E-state index contributed by atoms with van der Waals surface area (Å²) in [4.78, 5) is 4.73. The lowest BCUT2D eigenvalue weighted by Crippen LogP contribution is -2.43. The van der Waals surface area contributed by atoms with Crippen LogP contribution in [0.2, 0.25) is 0 Å². The molecule has 0 fully saturated rings. The summed E-state index contributed by atoms with van der Waals surface area (Å²) >= 11 is 0. The second-order valence-corrected chi connectivity index (χ2v) is 7.87. The highest BCUT2D eigenvalue weighted by Gasteiger charge is 2.29. The highest BCUT2D eigenvalue weighted by Crippen LogP contribution is 2.39. The molecule has 0 aliphatic rings. The molecular weight excluding hydrogens is 322 g/mol. The van der Waals surface area contributed by atoms with E-state index in [9.17, 15) is 0 Å². The van der Waals surface area contributed by atoms with Gasteiger partial charge < -0.3 is 9.80 Å². The molecule has 0 saturated heterocycles. The summed E-state index contributed by atoms with van der Waals surface area (Å²) in [6.07, 6.45) is 0. The zero-order chi connectivity index (χ0) is 19.4. The fraction of sp³-hybridized carbons (Fsp3) is 0.571. The number of hydrogen-bond donors (Lipinski definition) is 0. The Labute approximate surface area is 158 Å². The number of hydrogen-bond acceptors (Lipinski definition) is 5. The molecular formula is C21H33N5. The van der Waals surface area contributed by atoms with Crippen molar-refractivity contribution < 1.29 is 0 Å². The van der Waals surface area contributed by atoms with Crippen LogP contribution in [-0.2, 0) is 0 Å². The van der Waals surface area contributed by atoms with Crippen LogP contribution < -0.4 is 9.80 Å². The molecule has 26 heavy (non-hydrogen) atoms. The molecule has 0 radical (unpaired) electrons. The standard InChI is InChI=1S/C21H33N5/c1-14(2)25(15(3)4)20-19(18-12-10-9-11-13-18)22-24-23-21(20)26(16(5)6)17(7)8/h9-17H,1-8H3. The van der Waals surface area contributed by atoms with Crippen LogP contribution in [0.5, 0.6) is 0 Å². The van der Waals surface area contributed by atoms with Crippen LogP contribution in [-0.4, -0.2) is 39.6 Å². The quantitative estimate of drug-likeness (QED) is 0.715. The Morgan fingerprint density at radius 1 is 0.654 bits per heavy atom. The van der Waals surface area contributed by atoms with E-state index >= 15 is 0 Å². The van der Waals surface area contributed by atoms with Crippen molar-refractivity contribution in [3.63, 3.8) is 0 Å². The van der Waals surface area contributed by atoms with Crippen LogP contribution in [0.3, 0.4) is 0 Å². The summed E-state index contributed by atoms with van der Waals surface area (Å²) in [6, 6.07) is 11.6. The molecule has 0 aliphatic heterocycles. The van der Waals surface area contributed by atoms with Gasteiger partial charge in [-0.15, -0.1) is 10.2 Å². The maximum atomic E-state index is 4.52. The van der Waals surface area contributed by atoms with Gasteiger partial charge in [0.25, 0.3) is 0 Å². The van der Waals surface area contributed by atoms with Crippen LogP contribution in [0, 0.1) is 0 Å². The van der Waals surface area contributed by atoms with Crippen molar-refractivity contribution in [2.75, 3.05) is 9.80 Å². The lowest BCUT2D eigenvalue weighted by atomic mass is 10.1. The van der Waals surface area contributed by atoms with E-state index in [4.69, 9.17) is 0 Å². The van der Waals surface area contributed by atoms with E-state index in [0.29, 0.717) is 24.2 Å². The number of rotatable bonds is 7. The minimum Gasteiger partial charge on any atom is -0.362 e. The number of benzene rings is 1. The average molecular weight is 356 g/mol. The fourth-order valence-electron chi connectivity index (χ4n) is 3.71. The minimum atomic E-state index is 0.315. The fourth-order valence-corrected chi connectivity index (χ4v) is 3.71. The zero-order valence-corrected chi connectivity index (χ0v) is 17.4. The molecule has 2 aromatic rings. The van der Waals surface area contributed by atoms with E-state index in [1.807, 2.05) is 18.2 Å². The van der Waals surface area contributed by atoms with Crippen molar-refractivity contribution in [1.82, 2.24) is 15.4 Å². The smallest absolute Gasteiger partial charge is 0.179 e. The summed E-state index contributed by atoms with van der Waals surface area (Å²) in [6.45, 7) is 17.7. The number of aromatic nitrogens is 3. The molecule has 0 atom stereocenters. The third kappa shape index (κ3) is 4.14. The van der Waals surface area contributed by atoms with Gasteiger partial charge in [-0.3, -0.25) is 0 Å². The zero-order valence-electron chi connectivity index (χ0n) is 17.4. The lowest BCUT2D eigenvalue weighted by molar-refractivity contribution is 0.573. The van der Waals surface area contributed by atoms with E-state index in [1.165, 1.54) is 0 Å². The molecule has 5 nitrogen and oxygen atoms in total. The molecule has 142 valence electrons. The Bertz CT molecular complexity index is 679. The molecule has 2 rings (SSSR count). The summed E-state index contributed by atoms with van der Waals surface area (Å²) in [7, 11) is 0. The maximum absolute atomic E-state index is 4.52. The van der Waals surface area contributed by atoms with E-state index < -0.39 is 0 Å². The van der Waals surface area contributed by atoms with Crippen LogP contribution in [0.1, 0.15) is 55.4 Å². The molecule has 5 heteroatoms.